The van der Waals surface area contributed by atoms with Crippen molar-refractivity contribution in [2.24, 2.45) is 5.92 Å². The van der Waals surface area contributed by atoms with E-state index >= 15 is 0 Å². The number of rotatable bonds is 11. The van der Waals surface area contributed by atoms with Gasteiger partial charge in [0.1, 0.15) is 12.6 Å². The molecule has 3 rings (SSSR count). The molecule has 0 bridgehead atoms. The van der Waals surface area contributed by atoms with E-state index in [1.807, 2.05) is 13.8 Å². The van der Waals surface area contributed by atoms with Crippen molar-refractivity contribution < 1.29 is 31.2 Å². The number of anilines is 1. The first-order chi connectivity index (χ1) is 19.6. The topological polar surface area (TPSA) is 86.8 Å². The highest BCUT2D eigenvalue weighted by Gasteiger charge is 2.36. The summed E-state index contributed by atoms with van der Waals surface area (Å²) < 4.78 is 69.0. The molecule has 0 saturated heterocycles. The third-order valence-corrected chi connectivity index (χ3v) is 8.57. The minimum atomic E-state index is -4.81. The van der Waals surface area contributed by atoms with Crippen molar-refractivity contribution in [1.82, 2.24) is 10.2 Å². The Balaban J connectivity index is 2.11. The summed E-state index contributed by atoms with van der Waals surface area (Å²) in [5.41, 5.74) is -1.14. The predicted octanol–water partition coefficient (Wildman–Crippen LogP) is 6.40. The molecule has 226 valence electrons. The molecule has 1 unspecified atom stereocenters. The van der Waals surface area contributed by atoms with E-state index < -0.39 is 51.9 Å². The molecule has 0 radical (unpaired) electrons. The average molecular weight is 645 g/mol. The molecule has 7 nitrogen and oxygen atoms in total. The van der Waals surface area contributed by atoms with Crippen molar-refractivity contribution >= 4 is 50.7 Å². The number of hydrogen-bond donors (Lipinski definition) is 1. The van der Waals surface area contributed by atoms with E-state index in [4.69, 9.17) is 23.2 Å². The number of amides is 2. The van der Waals surface area contributed by atoms with Crippen LogP contribution in [0.1, 0.15) is 31.9 Å². The molecule has 0 aliphatic heterocycles. The summed E-state index contributed by atoms with van der Waals surface area (Å²) in [7, 11) is -4.60. The van der Waals surface area contributed by atoms with Gasteiger partial charge < -0.3 is 10.2 Å². The standard InChI is InChI=1S/C29H30Cl2F3N3O4S/c1-19(2)16-35-28(39)20(3)36(17-21-8-7-9-23(30)14-21)27(38)18-37(42(40,41)24-10-5-4-6-11-24)26-15-22(29(32,33)34)12-13-25(26)31/h4-15,19-20H,16-18H2,1-3H3,(H,35,39). The number of nitrogens with one attached hydrogen (secondary N) is 1. The number of sulfonamides is 1. The maximum Gasteiger partial charge on any atom is 0.416 e. The summed E-state index contributed by atoms with van der Waals surface area (Å²) in [5.74, 6) is -1.23. The molecule has 13 heteroatoms. The monoisotopic (exact) mass is 643 g/mol. The summed E-state index contributed by atoms with van der Waals surface area (Å²) >= 11 is 12.4. The normalized spacial score (nSPS) is 12.6. The quantitative estimate of drug-likeness (QED) is 0.262. The number of carbonyl (C=O) groups excluding carboxylic acids is 2. The highest BCUT2D eigenvalue weighted by Crippen LogP contribution is 2.37. The van der Waals surface area contributed by atoms with Crippen LogP contribution in [0.4, 0.5) is 18.9 Å². The Hall–Kier alpha value is -3.28. The molecule has 3 aromatic rings. The van der Waals surface area contributed by atoms with Crippen molar-refractivity contribution in [2.45, 2.75) is 44.4 Å². The van der Waals surface area contributed by atoms with E-state index in [0.717, 1.165) is 11.0 Å². The van der Waals surface area contributed by atoms with Crippen molar-refractivity contribution in [3.05, 3.63) is 94.0 Å². The fraction of sp³-hybridized carbons (Fsp3) is 0.310. The minimum absolute atomic E-state index is 0.118. The van der Waals surface area contributed by atoms with Gasteiger partial charge in [-0.05, 0) is 60.9 Å². The number of carbonyl (C=O) groups is 2. The highest BCUT2D eigenvalue weighted by atomic mass is 35.5. The molecule has 0 fully saturated rings. The molecule has 0 spiro atoms. The van der Waals surface area contributed by atoms with Crippen LogP contribution in [-0.2, 0) is 32.3 Å². The molecule has 0 heterocycles. The lowest BCUT2D eigenvalue weighted by Crippen LogP contribution is -2.51. The lowest BCUT2D eigenvalue weighted by atomic mass is 10.1. The molecule has 0 saturated carbocycles. The Morgan fingerprint density at radius 2 is 1.60 bits per heavy atom. The maximum atomic E-state index is 13.9. The van der Waals surface area contributed by atoms with Gasteiger partial charge in [0.25, 0.3) is 10.0 Å². The molecule has 0 aromatic heterocycles. The van der Waals surface area contributed by atoms with E-state index in [0.29, 0.717) is 33.6 Å². The number of halogens is 5. The van der Waals surface area contributed by atoms with Crippen LogP contribution in [0.3, 0.4) is 0 Å². The van der Waals surface area contributed by atoms with Gasteiger partial charge in [-0.25, -0.2) is 8.42 Å². The van der Waals surface area contributed by atoms with Gasteiger partial charge in [-0.15, -0.1) is 0 Å². The number of alkyl halides is 3. The Labute approximate surface area is 253 Å². The van der Waals surface area contributed by atoms with Crippen LogP contribution in [0.2, 0.25) is 10.0 Å². The lowest BCUT2D eigenvalue weighted by molar-refractivity contribution is -0.139. The molecule has 3 aromatic carbocycles. The van der Waals surface area contributed by atoms with Gasteiger partial charge in [0.15, 0.2) is 0 Å². The predicted molar refractivity (Wildman–Crippen MR) is 157 cm³/mol. The Bertz CT molecular complexity index is 1520. The van der Waals surface area contributed by atoms with Crippen LogP contribution < -0.4 is 9.62 Å². The molecule has 2 amide bonds. The molecule has 1 N–H and O–H groups in total. The Kier molecular flexibility index (Phi) is 10.9. The van der Waals surface area contributed by atoms with E-state index in [1.165, 1.54) is 31.2 Å². The van der Waals surface area contributed by atoms with Crippen molar-refractivity contribution in [3.63, 3.8) is 0 Å². The Morgan fingerprint density at radius 1 is 0.929 bits per heavy atom. The van der Waals surface area contributed by atoms with E-state index in [-0.39, 0.29) is 22.4 Å². The number of nitrogens with zero attached hydrogens (tertiary/aromatic N) is 2. The largest absolute Gasteiger partial charge is 0.416 e. The smallest absolute Gasteiger partial charge is 0.354 e. The summed E-state index contributed by atoms with van der Waals surface area (Å²) in [6, 6.07) is 14.6. The maximum absolute atomic E-state index is 13.9. The molecule has 42 heavy (non-hydrogen) atoms. The van der Waals surface area contributed by atoms with E-state index in [2.05, 4.69) is 5.32 Å². The fourth-order valence-electron chi connectivity index (χ4n) is 3.98. The van der Waals surface area contributed by atoms with E-state index in [1.54, 1.807) is 30.3 Å². The van der Waals surface area contributed by atoms with Gasteiger partial charge in [0.2, 0.25) is 11.8 Å². The lowest BCUT2D eigenvalue weighted by Gasteiger charge is -2.32. The second-order valence-corrected chi connectivity index (χ2v) is 12.7. The van der Waals surface area contributed by atoms with Gasteiger partial charge in [0, 0.05) is 18.1 Å². The third-order valence-electron chi connectivity index (χ3n) is 6.25. The molecule has 1 atom stereocenters. The van der Waals surface area contributed by atoms with Gasteiger partial charge >= 0.3 is 6.18 Å². The van der Waals surface area contributed by atoms with Gasteiger partial charge in [-0.2, -0.15) is 13.2 Å². The van der Waals surface area contributed by atoms with Crippen LogP contribution >= 0.6 is 23.2 Å². The summed E-state index contributed by atoms with van der Waals surface area (Å²) in [6.45, 7) is 4.52. The highest BCUT2D eigenvalue weighted by molar-refractivity contribution is 7.92. The second kappa shape index (κ2) is 13.8. The first-order valence-corrected chi connectivity index (χ1v) is 15.1. The zero-order valence-corrected chi connectivity index (χ0v) is 25.4. The molecule has 0 aliphatic carbocycles. The van der Waals surface area contributed by atoms with Crippen LogP contribution in [0.5, 0.6) is 0 Å². The SMILES string of the molecule is CC(C)CNC(=O)C(C)N(Cc1cccc(Cl)c1)C(=O)CN(c1cc(C(F)(F)F)ccc1Cl)S(=O)(=O)c1ccccc1. The fourth-order valence-corrected chi connectivity index (χ4v) is 5.91. The van der Waals surface area contributed by atoms with E-state index in [9.17, 15) is 31.2 Å². The van der Waals surface area contributed by atoms with Crippen LogP contribution in [0, 0.1) is 5.92 Å². The van der Waals surface area contributed by atoms with Crippen LogP contribution in [0.15, 0.2) is 77.7 Å². The van der Waals surface area contributed by atoms with Gasteiger partial charge in [0.05, 0.1) is 21.2 Å². The average Bonchev–Trinajstić information content (AvgIpc) is 2.93. The number of benzene rings is 3. The zero-order chi connectivity index (χ0) is 31.2. The van der Waals surface area contributed by atoms with Crippen molar-refractivity contribution in [3.8, 4) is 0 Å². The molecular weight excluding hydrogens is 614 g/mol. The van der Waals surface area contributed by atoms with Crippen molar-refractivity contribution in [1.29, 1.82) is 0 Å². The zero-order valence-electron chi connectivity index (χ0n) is 23.0. The first kappa shape index (κ1) is 33.2. The number of hydrogen-bond acceptors (Lipinski definition) is 4. The summed E-state index contributed by atoms with van der Waals surface area (Å²) in [6.07, 6.45) is -4.81. The molecular formula is C29H30Cl2F3N3O4S. The summed E-state index contributed by atoms with van der Waals surface area (Å²) in [4.78, 5) is 27.8. The van der Waals surface area contributed by atoms with Gasteiger partial charge in [-0.3, -0.25) is 13.9 Å². The third kappa shape index (κ3) is 8.39. The Morgan fingerprint density at radius 3 is 2.19 bits per heavy atom. The van der Waals surface area contributed by atoms with Crippen LogP contribution in [-0.4, -0.2) is 44.3 Å². The van der Waals surface area contributed by atoms with Crippen LogP contribution in [0.25, 0.3) is 0 Å². The van der Waals surface area contributed by atoms with Gasteiger partial charge in [-0.1, -0.05) is 67.4 Å². The van der Waals surface area contributed by atoms with Crippen molar-refractivity contribution in [2.75, 3.05) is 17.4 Å². The second-order valence-electron chi connectivity index (χ2n) is 9.96. The summed E-state index contributed by atoms with van der Waals surface area (Å²) in [5, 5.41) is 2.81. The minimum Gasteiger partial charge on any atom is -0.354 e. The molecule has 0 aliphatic rings. The first-order valence-electron chi connectivity index (χ1n) is 12.9.